The summed E-state index contributed by atoms with van der Waals surface area (Å²) in [5.41, 5.74) is 2.30. The minimum atomic E-state index is -0.264. The van der Waals surface area contributed by atoms with Crippen LogP contribution in [0.2, 0.25) is 0 Å². The fraction of sp³-hybridized carbons (Fsp3) is 0.533. The molecule has 17 heavy (non-hydrogen) atoms. The van der Waals surface area contributed by atoms with E-state index < -0.39 is 0 Å². The van der Waals surface area contributed by atoms with Gasteiger partial charge in [-0.1, -0.05) is 43.7 Å². The van der Waals surface area contributed by atoms with Gasteiger partial charge in [0, 0.05) is 18.5 Å². The van der Waals surface area contributed by atoms with Gasteiger partial charge in [-0.25, -0.2) is 0 Å². The lowest BCUT2D eigenvalue weighted by Crippen LogP contribution is -2.35. The molecule has 0 aromatic heterocycles. The van der Waals surface area contributed by atoms with Gasteiger partial charge < -0.3 is 4.90 Å². The van der Waals surface area contributed by atoms with E-state index in [0.29, 0.717) is 0 Å². The van der Waals surface area contributed by atoms with E-state index in [9.17, 15) is 4.79 Å². The van der Waals surface area contributed by atoms with Gasteiger partial charge in [0.25, 0.3) is 0 Å². The van der Waals surface area contributed by atoms with Crippen molar-refractivity contribution in [3.8, 4) is 0 Å². The molecule has 0 bridgehead atoms. The van der Waals surface area contributed by atoms with Gasteiger partial charge in [-0.3, -0.25) is 4.79 Å². The second kappa shape index (κ2) is 5.46. The van der Waals surface area contributed by atoms with Gasteiger partial charge in [0.1, 0.15) is 5.78 Å². The molecule has 1 rings (SSSR count). The lowest BCUT2D eigenvalue weighted by Gasteiger charge is -2.28. The van der Waals surface area contributed by atoms with E-state index in [1.54, 1.807) is 6.92 Å². The topological polar surface area (TPSA) is 20.3 Å². The normalized spacial score (nSPS) is 11.9. The van der Waals surface area contributed by atoms with Crippen molar-refractivity contribution in [2.24, 2.45) is 5.41 Å². The zero-order chi connectivity index (χ0) is 13.1. The van der Waals surface area contributed by atoms with Crippen LogP contribution in [0.1, 0.15) is 31.9 Å². The summed E-state index contributed by atoms with van der Waals surface area (Å²) in [6.45, 7) is 9.43. The summed E-state index contributed by atoms with van der Waals surface area (Å²) in [7, 11) is 2.06. The molecule has 0 unspecified atom stereocenters. The monoisotopic (exact) mass is 233 g/mol. The largest absolute Gasteiger partial charge is 0.301 e. The summed E-state index contributed by atoms with van der Waals surface area (Å²) in [6, 6.07) is 8.54. The van der Waals surface area contributed by atoms with E-state index in [1.807, 2.05) is 13.8 Å². The molecule has 0 aliphatic rings. The zero-order valence-corrected chi connectivity index (χ0v) is 11.6. The number of benzene rings is 1. The molecule has 0 aliphatic carbocycles. The third-order valence-electron chi connectivity index (χ3n) is 3.19. The Bertz CT molecular complexity index is 378. The number of nitrogens with zero attached hydrogens (tertiary/aromatic N) is 1. The molecule has 94 valence electrons. The molecule has 2 heteroatoms. The summed E-state index contributed by atoms with van der Waals surface area (Å²) < 4.78 is 0. The standard InChI is InChI=1S/C15H23NO/c1-12-6-8-14(9-7-12)10-16(5)11-15(3,4)13(2)17/h6-9H,10-11H2,1-5H3. The van der Waals surface area contributed by atoms with E-state index in [4.69, 9.17) is 0 Å². The number of hydrogen-bond acceptors (Lipinski definition) is 2. The molecule has 0 spiro atoms. The Labute approximate surface area is 105 Å². The highest BCUT2D eigenvalue weighted by Gasteiger charge is 2.25. The average molecular weight is 233 g/mol. The van der Waals surface area contributed by atoms with Crippen LogP contribution in [0.5, 0.6) is 0 Å². The van der Waals surface area contributed by atoms with E-state index in [2.05, 4.69) is 43.1 Å². The Kier molecular flexibility index (Phi) is 4.47. The van der Waals surface area contributed by atoms with Crippen molar-refractivity contribution in [1.82, 2.24) is 4.90 Å². The van der Waals surface area contributed by atoms with Gasteiger partial charge >= 0.3 is 0 Å². The maximum atomic E-state index is 11.5. The van der Waals surface area contributed by atoms with Crippen molar-refractivity contribution in [3.05, 3.63) is 35.4 Å². The highest BCUT2D eigenvalue weighted by atomic mass is 16.1. The second-order valence-electron chi connectivity index (χ2n) is 5.60. The predicted octanol–water partition coefficient (Wildman–Crippen LogP) is 3.04. The maximum absolute atomic E-state index is 11.5. The molecule has 0 radical (unpaired) electrons. The minimum Gasteiger partial charge on any atom is -0.301 e. The molecule has 0 saturated heterocycles. The van der Waals surface area contributed by atoms with E-state index >= 15 is 0 Å². The lowest BCUT2D eigenvalue weighted by atomic mass is 9.88. The SMILES string of the molecule is CC(=O)C(C)(C)CN(C)Cc1ccc(C)cc1. The van der Waals surface area contributed by atoms with Crippen molar-refractivity contribution >= 4 is 5.78 Å². The molecular formula is C15H23NO. The van der Waals surface area contributed by atoms with E-state index in [0.717, 1.165) is 13.1 Å². The summed E-state index contributed by atoms with van der Waals surface area (Å²) in [6.07, 6.45) is 0. The van der Waals surface area contributed by atoms with Crippen LogP contribution in [0.4, 0.5) is 0 Å². The van der Waals surface area contributed by atoms with Crippen LogP contribution in [-0.2, 0) is 11.3 Å². The Balaban J connectivity index is 2.58. The van der Waals surface area contributed by atoms with Crippen LogP contribution in [0.3, 0.4) is 0 Å². The number of carbonyl (C=O) groups excluding carboxylic acids is 1. The molecule has 0 aliphatic heterocycles. The molecule has 2 nitrogen and oxygen atoms in total. The summed E-state index contributed by atoms with van der Waals surface area (Å²) in [4.78, 5) is 13.7. The minimum absolute atomic E-state index is 0.244. The molecule has 0 heterocycles. The number of rotatable bonds is 5. The van der Waals surface area contributed by atoms with Gasteiger partial charge in [-0.05, 0) is 26.5 Å². The fourth-order valence-corrected chi connectivity index (χ4v) is 1.85. The zero-order valence-electron chi connectivity index (χ0n) is 11.6. The average Bonchev–Trinajstić information content (AvgIpc) is 2.20. The number of carbonyl (C=O) groups is 1. The second-order valence-corrected chi connectivity index (χ2v) is 5.60. The molecule has 0 fully saturated rings. The number of Topliss-reactive ketones (excluding diaryl/α,β-unsaturated/α-hetero) is 1. The van der Waals surface area contributed by atoms with E-state index in [1.165, 1.54) is 11.1 Å². The molecule has 0 saturated carbocycles. The number of hydrogen-bond donors (Lipinski definition) is 0. The Hall–Kier alpha value is -1.15. The van der Waals surface area contributed by atoms with Crippen LogP contribution in [-0.4, -0.2) is 24.3 Å². The summed E-state index contributed by atoms with van der Waals surface area (Å²) >= 11 is 0. The first-order valence-corrected chi connectivity index (χ1v) is 6.06. The third kappa shape index (κ3) is 4.31. The van der Waals surface area contributed by atoms with Crippen molar-refractivity contribution in [3.63, 3.8) is 0 Å². The quantitative estimate of drug-likeness (QED) is 0.779. The van der Waals surface area contributed by atoms with Crippen LogP contribution in [0, 0.1) is 12.3 Å². The first-order valence-electron chi connectivity index (χ1n) is 6.06. The first-order chi connectivity index (χ1) is 7.81. The Morgan fingerprint density at radius 3 is 2.24 bits per heavy atom. The van der Waals surface area contributed by atoms with Gasteiger partial charge in [-0.15, -0.1) is 0 Å². The predicted molar refractivity (Wildman–Crippen MR) is 72.0 cm³/mol. The van der Waals surface area contributed by atoms with Crippen molar-refractivity contribution in [2.75, 3.05) is 13.6 Å². The van der Waals surface area contributed by atoms with E-state index in [-0.39, 0.29) is 11.2 Å². The van der Waals surface area contributed by atoms with Crippen LogP contribution >= 0.6 is 0 Å². The summed E-state index contributed by atoms with van der Waals surface area (Å²) in [5.74, 6) is 0.244. The number of aryl methyl sites for hydroxylation is 1. The Morgan fingerprint density at radius 2 is 1.76 bits per heavy atom. The Morgan fingerprint density at radius 1 is 1.24 bits per heavy atom. The lowest BCUT2D eigenvalue weighted by molar-refractivity contribution is -0.125. The molecule has 1 aromatic rings. The van der Waals surface area contributed by atoms with Crippen molar-refractivity contribution in [1.29, 1.82) is 0 Å². The van der Waals surface area contributed by atoms with Gasteiger partial charge in [0.2, 0.25) is 0 Å². The molecule has 0 N–H and O–H groups in total. The summed E-state index contributed by atoms with van der Waals surface area (Å²) in [5, 5.41) is 0. The van der Waals surface area contributed by atoms with Crippen LogP contribution in [0.25, 0.3) is 0 Å². The van der Waals surface area contributed by atoms with Gasteiger partial charge in [0.05, 0.1) is 0 Å². The maximum Gasteiger partial charge on any atom is 0.136 e. The molecule has 0 atom stereocenters. The van der Waals surface area contributed by atoms with Crippen molar-refractivity contribution < 1.29 is 4.79 Å². The third-order valence-corrected chi connectivity index (χ3v) is 3.19. The number of ketones is 1. The molecule has 0 amide bonds. The molecule has 1 aromatic carbocycles. The van der Waals surface area contributed by atoms with Gasteiger partial charge in [0.15, 0.2) is 0 Å². The smallest absolute Gasteiger partial charge is 0.136 e. The van der Waals surface area contributed by atoms with Crippen LogP contribution < -0.4 is 0 Å². The highest BCUT2D eigenvalue weighted by Crippen LogP contribution is 2.18. The van der Waals surface area contributed by atoms with Gasteiger partial charge in [-0.2, -0.15) is 0 Å². The first kappa shape index (κ1) is 13.9. The van der Waals surface area contributed by atoms with Crippen molar-refractivity contribution in [2.45, 2.75) is 34.2 Å². The molecular weight excluding hydrogens is 210 g/mol. The van der Waals surface area contributed by atoms with Crippen LogP contribution in [0.15, 0.2) is 24.3 Å². The highest BCUT2D eigenvalue weighted by molar-refractivity contribution is 5.81. The fourth-order valence-electron chi connectivity index (χ4n) is 1.85.